The molecule has 0 bridgehead atoms. The van der Waals surface area contributed by atoms with Crippen molar-refractivity contribution in [3.63, 3.8) is 0 Å². The number of nitrogen functional groups attached to an aromatic ring is 1. The summed E-state index contributed by atoms with van der Waals surface area (Å²) in [5.41, 5.74) is 7.25. The number of likely N-dealkylation sites (tertiary alicyclic amines) is 1. The summed E-state index contributed by atoms with van der Waals surface area (Å²) in [5, 5.41) is 9.38. The van der Waals surface area contributed by atoms with E-state index in [1.807, 2.05) is 0 Å². The maximum absolute atomic E-state index is 13.0. The third-order valence-electron chi connectivity index (χ3n) is 3.06. The van der Waals surface area contributed by atoms with Crippen molar-refractivity contribution < 1.29 is 9.50 Å². The Morgan fingerprint density at radius 3 is 2.75 bits per heavy atom. The van der Waals surface area contributed by atoms with E-state index >= 15 is 0 Å². The molecule has 0 unspecified atom stereocenters. The molecule has 3 nitrogen and oxygen atoms in total. The zero-order chi connectivity index (χ0) is 11.5. The van der Waals surface area contributed by atoms with E-state index in [0.717, 1.165) is 31.5 Å². The van der Waals surface area contributed by atoms with E-state index in [0.29, 0.717) is 12.2 Å². The fourth-order valence-corrected chi connectivity index (χ4v) is 2.03. The number of rotatable bonds is 2. The SMILES string of the molecule is Nc1ccc(F)cc1CN1CCC(O)CC1. The number of aliphatic hydroxyl groups is 1. The zero-order valence-electron chi connectivity index (χ0n) is 9.19. The van der Waals surface area contributed by atoms with Crippen LogP contribution in [0.4, 0.5) is 10.1 Å². The van der Waals surface area contributed by atoms with Crippen LogP contribution in [-0.2, 0) is 6.54 Å². The number of hydrogen-bond acceptors (Lipinski definition) is 3. The Morgan fingerprint density at radius 1 is 1.38 bits per heavy atom. The molecule has 0 spiro atoms. The van der Waals surface area contributed by atoms with Gasteiger partial charge in [0, 0.05) is 25.3 Å². The maximum Gasteiger partial charge on any atom is 0.123 e. The summed E-state index contributed by atoms with van der Waals surface area (Å²) in [6, 6.07) is 4.46. The topological polar surface area (TPSA) is 49.5 Å². The molecule has 4 heteroatoms. The molecule has 16 heavy (non-hydrogen) atoms. The van der Waals surface area contributed by atoms with E-state index in [9.17, 15) is 9.50 Å². The van der Waals surface area contributed by atoms with Gasteiger partial charge in [0.05, 0.1) is 6.10 Å². The summed E-state index contributed by atoms with van der Waals surface area (Å²) >= 11 is 0. The van der Waals surface area contributed by atoms with Gasteiger partial charge in [-0.05, 0) is 36.6 Å². The number of nitrogens with zero attached hydrogens (tertiary/aromatic N) is 1. The van der Waals surface area contributed by atoms with E-state index in [4.69, 9.17) is 5.73 Å². The lowest BCUT2D eigenvalue weighted by Crippen LogP contribution is -2.35. The van der Waals surface area contributed by atoms with Crippen LogP contribution in [0.3, 0.4) is 0 Å². The summed E-state index contributed by atoms with van der Waals surface area (Å²) in [5.74, 6) is -0.249. The maximum atomic E-state index is 13.0. The number of nitrogens with two attached hydrogens (primary N) is 1. The van der Waals surface area contributed by atoms with Gasteiger partial charge >= 0.3 is 0 Å². The first kappa shape index (κ1) is 11.4. The van der Waals surface area contributed by atoms with E-state index in [-0.39, 0.29) is 11.9 Å². The van der Waals surface area contributed by atoms with Crippen molar-refractivity contribution in [2.45, 2.75) is 25.5 Å². The molecule has 1 heterocycles. The van der Waals surface area contributed by atoms with Crippen LogP contribution in [0.5, 0.6) is 0 Å². The molecule has 3 N–H and O–H groups in total. The highest BCUT2D eigenvalue weighted by Crippen LogP contribution is 2.18. The van der Waals surface area contributed by atoms with Crippen LogP contribution in [0, 0.1) is 5.82 Å². The molecule has 0 aromatic heterocycles. The predicted molar refractivity (Wildman–Crippen MR) is 61.3 cm³/mol. The molecule has 0 atom stereocenters. The number of hydrogen-bond donors (Lipinski definition) is 2. The van der Waals surface area contributed by atoms with Crippen molar-refractivity contribution in [3.8, 4) is 0 Å². The second-order valence-corrected chi connectivity index (χ2v) is 4.35. The largest absolute Gasteiger partial charge is 0.398 e. The Balaban J connectivity index is 2.00. The fourth-order valence-electron chi connectivity index (χ4n) is 2.03. The van der Waals surface area contributed by atoms with Crippen LogP contribution in [0.2, 0.25) is 0 Å². The van der Waals surface area contributed by atoms with Crippen LogP contribution in [0.25, 0.3) is 0 Å². The Hall–Kier alpha value is -1.13. The van der Waals surface area contributed by atoms with Crippen molar-refractivity contribution in [3.05, 3.63) is 29.6 Å². The van der Waals surface area contributed by atoms with Crippen LogP contribution < -0.4 is 5.73 Å². The molecule has 0 amide bonds. The van der Waals surface area contributed by atoms with E-state index in [2.05, 4.69) is 4.90 Å². The molecule has 1 aromatic carbocycles. The van der Waals surface area contributed by atoms with Gasteiger partial charge in [0.15, 0.2) is 0 Å². The Labute approximate surface area is 94.7 Å². The standard InChI is InChI=1S/C12H17FN2O/c13-10-1-2-12(14)9(7-10)8-15-5-3-11(16)4-6-15/h1-2,7,11,16H,3-6,8,14H2. The lowest BCUT2D eigenvalue weighted by molar-refractivity contribution is 0.0793. The Morgan fingerprint density at radius 2 is 2.06 bits per heavy atom. The quantitative estimate of drug-likeness (QED) is 0.746. The molecule has 1 saturated heterocycles. The monoisotopic (exact) mass is 224 g/mol. The highest BCUT2D eigenvalue weighted by molar-refractivity contribution is 5.46. The Kier molecular flexibility index (Phi) is 3.41. The first-order valence-electron chi connectivity index (χ1n) is 5.59. The number of aliphatic hydroxyl groups excluding tert-OH is 1. The van der Waals surface area contributed by atoms with Gasteiger partial charge in [0.2, 0.25) is 0 Å². The summed E-state index contributed by atoms with van der Waals surface area (Å²) in [6.07, 6.45) is 1.39. The number of piperidine rings is 1. The second-order valence-electron chi connectivity index (χ2n) is 4.35. The van der Waals surface area contributed by atoms with E-state index < -0.39 is 0 Å². The van der Waals surface area contributed by atoms with Crippen molar-refractivity contribution in [2.24, 2.45) is 0 Å². The van der Waals surface area contributed by atoms with E-state index in [1.165, 1.54) is 12.1 Å². The normalized spacial score (nSPS) is 18.9. The minimum Gasteiger partial charge on any atom is -0.398 e. The van der Waals surface area contributed by atoms with Gasteiger partial charge in [-0.1, -0.05) is 0 Å². The minimum atomic E-state index is -0.249. The highest BCUT2D eigenvalue weighted by Gasteiger charge is 2.17. The van der Waals surface area contributed by atoms with Gasteiger partial charge < -0.3 is 10.8 Å². The lowest BCUT2D eigenvalue weighted by Gasteiger charge is -2.29. The van der Waals surface area contributed by atoms with Crippen LogP contribution >= 0.6 is 0 Å². The lowest BCUT2D eigenvalue weighted by atomic mass is 10.1. The summed E-state index contributed by atoms with van der Waals surface area (Å²) in [6.45, 7) is 2.35. The molecule has 0 saturated carbocycles. The molecule has 0 radical (unpaired) electrons. The molecule has 2 rings (SSSR count). The number of halogens is 1. The van der Waals surface area contributed by atoms with Gasteiger partial charge in [0.1, 0.15) is 5.82 Å². The molecule has 1 aliphatic heterocycles. The molecular weight excluding hydrogens is 207 g/mol. The first-order valence-corrected chi connectivity index (χ1v) is 5.59. The van der Waals surface area contributed by atoms with Gasteiger partial charge in [-0.15, -0.1) is 0 Å². The van der Waals surface area contributed by atoms with E-state index in [1.54, 1.807) is 6.07 Å². The van der Waals surface area contributed by atoms with Crippen LogP contribution in [0.1, 0.15) is 18.4 Å². The fraction of sp³-hybridized carbons (Fsp3) is 0.500. The Bertz CT molecular complexity index is 362. The highest BCUT2D eigenvalue weighted by atomic mass is 19.1. The van der Waals surface area contributed by atoms with Crippen molar-refractivity contribution in [1.82, 2.24) is 4.90 Å². The molecule has 1 fully saturated rings. The predicted octanol–water partition coefficient (Wildman–Crippen LogP) is 1.36. The van der Waals surface area contributed by atoms with Gasteiger partial charge in [-0.3, -0.25) is 4.90 Å². The second kappa shape index (κ2) is 4.80. The average molecular weight is 224 g/mol. The molecular formula is C12H17FN2O. The van der Waals surface area contributed by atoms with Gasteiger partial charge in [-0.2, -0.15) is 0 Å². The molecule has 1 aromatic rings. The van der Waals surface area contributed by atoms with Crippen molar-refractivity contribution >= 4 is 5.69 Å². The first-order chi connectivity index (χ1) is 7.65. The average Bonchev–Trinajstić information content (AvgIpc) is 2.27. The number of benzene rings is 1. The summed E-state index contributed by atoms with van der Waals surface area (Å²) in [4.78, 5) is 2.19. The molecule has 88 valence electrons. The number of anilines is 1. The third kappa shape index (κ3) is 2.71. The van der Waals surface area contributed by atoms with Crippen LogP contribution in [-0.4, -0.2) is 29.2 Å². The molecule has 0 aliphatic carbocycles. The van der Waals surface area contributed by atoms with Crippen molar-refractivity contribution in [2.75, 3.05) is 18.8 Å². The molecule has 1 aliphatic rings. The van der Waals surface area contributed by atoms with Gasteiger partial charge in [-0.25, -0.2) is 4.39 Å². The smallest absolute Gasteiger partial charge is 0.123 e. The minimum absolute atomic E-state index is 0.180. The third-order valence-corrected chi connectivity index (χ3v) is 3.06. The summed E-state index contributed by atoms with van der Waals surface area (Å²) < 4.78 is 13.0. The van der Waals surface area contributed by atoms with Crippen molar-refractivity contribution in [1.29, 1.82) is 0 Å². The van der Waals surface area contributed by atoms with Gasteiger partial charge in [0.25, 0.3) is 0 Å². The summed E-state index contributed by atoms with van der Waals surface area (Å²) in [7, 11) is 0. The van der Waals surface area contributed by atoms with Crippen LogP contribution in [0.15, 0.2) is 18.2 Å². The zero-order valence-corrected chi connectivity index (χ0v) is 9.19.